The Morgan fingerprint density at radius 2 is 2.00 bits per heavy atom. The Morgan fingerprint density at radius 1 is 1.27 bits per heavy atom. The van der Waals surface area contributed by atoms with E-state index < -0.39 is 0 Å². The van der Waals surface area contributed by atoms with E-state index in [0.29, 0.717) is 31.3 Å². The molecule has 2 saturated heterocycles. The fraction of sp³-hybridized carbons (Fsp3) is 0.500. The number of hydrogen-bond donors (Lipinski definition) is 0. The zero-order valence-corrected chi connectivity index (χ0v) is 13.3. The minimum absolute atomic E-state index is 0.0121. The third-order valence-electron chi connectivity index (χ3n) is 4.17. The van der Waals surface area contributed by atoms with E-state index in [-0.39, 0.29) is 30.3 Å². The van der Waals surface area contributed by atoms with Crippen LogP contribution < -0.4 is 4.90 Å². The highest BCUT2D eigenvalue weighted by atomic mass is 35.5. The van der Waals surface area contributed by atoms with Gasteiger partial charge in [0.1, 0.15) is 0 Å². The number of carbonyl (C=O) groups is 2. The molecule has 1 aromatic carbocycles. The third kappa shape index (κ3) is 3.10. The Morgan fingerprint density at radius 3 is 2.68 bits per heavy atom. The molecule has 22 heavy (non-hydrogen) atoms. The van der Waals surface area contributed by atoms with Gasteiger partial charge in [0.25, 0.3) is 0 Å². The van der Waals surface area contributed by atoms with Crippen molar-refractivity contribution in [2.24, 2.45) is 5.92 Å². The predicted octanol–water partition coefficient (Wildman–Crippen LogP) is 1.94. The molecule has 2 aliphatic rings. The monoisotopic (exact) mass is 322 g/mol. The summed E-state index contributed by atoms with van der Waals surface area (Å²) in [6.45, 7) is 4.16. The van der Waals surface area contributed by atoms with Crippen LogP contribution in [0.25, 0.3) is 0 Å². The van der Waals surface area contributed by atoms with Crippen molar-refractivity contribution in [1.82, 2.24) is 4.90 Å². The number of anilines is 1. The molecule has 0 N–H and O–H groups in total. The van der Waals surface area contributed by atoms with E-state index in [2.05, 4.69) is 0 Å². The van der Waals surface area contributed by atoms with Gasteiger partial charge in [-0.1, -0.05) is 11.6 Å². The Kier molecular flexibility index (Phi) is 4.36. The fourth-order valence-electron chi connectivity index (χ4n) is 3.02. The van der Waals surface area contributed by atoms with Gasteiger partial charge in [-0.2, -0.15) is 0 Å². The number of nitrogens with zero attached hydrogens (tertiary/aromatic N) is 2. The summed E-state index contributed by atoms with van der Waals surface area (Å²) in [5.74, 6) is -0.226. The van der Waals surface area contributed by atoms with Gasteiger partial charge in [0.05, 0.1) is 18.6 Å². The van der Waals surface area contributed by atoms with Crippen LogP contribution in [0.3, 0.4) is 0 Å². The van der Waals surface area contributed by atoms with Gasteiger partial charge >= 0.3 is 0 Å². The minimum atomic E-state index is -0.270. The molecule has 0 spiro atoms. The molecule has 0 radical (unpaired) electrons. The summed E-state index contributed by atoms with van der Waals surface area (Å²) in [7, 11) is 0. The highest BCUT2D eigenvalue weighted by Gasteiger charge is 2.38. The second-order valence-electron chi connectivity index (χ2n) is 5.85. The largest absolute Gasteiger partial charge is 0.375 e. The molecule has 2 unspecified atom stereocenters. The second-order valence-corrected chi connectivity index (χ2v) is 6.28. The lowest BCUT2D eigenvalue weighted by Crippen LogP contribution is -2.47. The van der Waals surface area contributed by atoms with E-state index in [9.17, 15) is 9.59 Å². The molecule has 1 aromatic rings. The highest BCUT2D eigenvalue weighted by molar-refractivity contribution is 6.30. The van der Waals surface area contributed by atoms with Gasteiger partial charge in [0.2, 0.25) is 11.8 Å². The first-order valence-electron chi connectivity index (χ1n) is 7.51. The van der Waals surface area contributed by atoms with Crippen LogP contribution in [0.5, 0.6) is 0 Å². The normalized spacial score (nSPS) is 25.6. The van der Waals surface area contributed by atoms with Crippen LogP contribution >= 0.6 is 11.6 Å². The van der Waals surface area contributed by atoms with Crippen LogP contribution in [0.1, 0.15) is 13.3 Å². The number of benzene rings is 1. The van der Waals surface area contributed by atoms with Crippen LogP contribution in [0.2, 0.25) is 5.02 Å². The quantitative estimate of drug-likeness (QED) is 0.836. The first-order valence-corrected chi connectivity index (χ1v) is 7.88. The molecule has 2 amide bonds. The summed E-state index contributed by atoms with van der Waals surface area (Å²) in [5, 5.41) is 0.630. The van der Waals surface area contributed by atoms with Gasteiger partial charge in [0, 0.05) is 36.8 Å². The maximum atomic E-state index is 12.6. The molecule has 2 aliphatic heterocycles. The molecule has 0 aromatic heterocycles. The molecule has 3 rings (SSSR count). The number of morpholine rings is 1. The number of amides is 2. The summed E-state index contributed by atoms with van der Waals surface area (Å²) in [6.07, 6.45) is 0.329. The molecular weight excluding hydrogens is 304 g/mol. The van der Waals surface area contributed by atoms with Crippen molar-refractivity contribution >= 4 is 29.1 Å². The predicted molar refractivity (Wildman–Crippen MR) is 83.9 cm³/mol. The van der Waals surface area contributed by atoms with Crippen LogP contribution in [0.4, 0.5) is 5.69 Å². The van der Waals surface area contributed by atoms with E-state index in [4.69, 9.17) is 16.3 Å². The van der Waals surface area contributed by atoms with Crippen LogP contribution in [-0.2, 0) is 14.3 Å². The van der Waals surface area contributed by atoms with Crippen molar-refractivity contribution in [2.75, 3.05) is 31.1 Å². The average molecular weight is 323 g/mol. The SMILES string of the molecule is CC1CN(C(=O)C2CC(=O)N(c3ccc(Cl)cc3)C2)CCO1. The third-order valence-corrected chi connectivity index (χ3v) is 4.42. The van der Waals surface area contributed by atoms with Gasteiger partial charge in [-0.05, 0) is 31.2 Å². The second kappa shape index (κ2) is 6.26. The van der Waals surface area contributed by atoms with Gasteiger partial charge < -0.3 is 14.5 Å². The molecule has 2 fully saturated rings. The van der Waals surface area contributed by atoms with E-state index >= 15 is 0 Å². The Labute approximate surface area is 134 Å². The summed E-state index contributed by atoms with van der Waals surface area (Å²) < 4.78 is 5.46. The van der Waals surface area contributed by atoms with Gasteiger partial charge in [-0.25, -0.2) is 0 Å². The number of hydrogen-bond acceptors (Lipinski definition) is 3. The summed E-state index contributed by atoms with van der Waals surface area (Å²) in [6, 6.07) is 7.12. The molecule has 0 aliphatic carbocycles. The van der Waals surface area contributed by atoms with Crippen molar-refractivity contribution in [3.63, 3.8) is 0 Å². The van der Waals surface area contributed by atoms with E-state index in [1.165, 1.54) is 0 Å². The van der Waals surface area contributed by atoms with Gasteiger partial charge in [-0.3, -0.25) is 9.59 Å². The van der Waals surface area contributed by atoms with Gasteiger partial charge in [-0.15, -0.1) is 0 Å². The topological polar surface area (TPSA) is 49.9 Å². The van der Waals surface area contributed by atoms with Crippen LogP contribution in [-0.4, -0.2) is 49.1 Å². The van der Waals surface area contributed by atoms with E-state index in [1.54, 1.807) is 17.0 Å². The Balaban J connectivity index is 1.68. The van der Waals surface area contributed by atoms with Crippen molar-refractivity contribution in [3.8, 4) is 0 Å². The Hall–Kier alpha value is -1.59. The molecule has 2 atom stereocenters. The molecule has 118 valence electrons. The van der Waals surface area contributed by atoms with Crippen molar-refractivity contribution in [1.29, 1.82) is 0 Å². The molecule has 0 saturated carbocycles. The van der Waals surface area contributed by atoms with Gasteiger partial charge in [0.15, 0.2) is 0 Å². The molecular formula is C16H19ClN2O3. The summed E-state index contributed by atoms with van der Waals surface area (Å²) in [4.78, 5) is 28.3. The lowest BCUT2D eigenvalue weighted by molar-refractivity contribution is -0.142. The fourth-order valence-corrected chi connectivity index (χ4v) is 3.15. The zero-order valence-electron chi connectivity index (χ0n) is 12.5. The highest BCUT2D eigenvalue weighted by Crippen LogP contribution is 2.27. The smallest absolute Gasteiger partial charge is 0.228 e. The lowest BCUT2D eigenvalue weighted by atomic mass is 10.1. The van der Waals surface area contributed by atoms with Crippen LogP contribution in [0.15, 0.2) is 24.3 Å². The Bertz CT molecular complexity index is 575. The maximum Gasteiger partial charge on any atom is 0.228 e. The molecule has 2 heterocycles. The van der Waals surface area contributed by atoms with Crippen LogP contribution in [0, 0.1) is 5.92 Å². The first kappa shape index (κ1) is 15.3. The zero-order chi connectivity index (χ0) is 15.7. The van der Waals surface area contributed by atoms with E-state index in [0.717, 1.165) is 5.69 Å². The maximum absolute atomic E-state index is 12.6. The molecule has 6 heteroatoms. The average Bonchev–Trinajstić information content (AvgIpc) is 2.89. The minimum Gasteiger partial charge on any atom is -0.375 e. The number of rotatable bonds is 2. The van der Waals surface area contributed by atoms with E-state index in [1.807, 2.05) is 24.0 Å². The van der Waals surface area contributed by atoms with Crippen molar-refractivity contribution in [2.45, 2.75) is 19.4 Å². The number of ether oxygens (including phenoxy) is 1. The summed E-state index contributed by atoms with van der Waals surface area (Å²) >= 11 is 5.87. The molecule has 0 bridgehead atoms. The first-order chi connectivity index (χ1) is 10.5. The van der Waals surface area contributed by atoms with Crippen molar-refractivity contribution in [3.05, 3.63) is 29.3 Å². The van der Waals surface area contributed by atoms with Crippen molar-refractivity contribution < 1.29 is 14.3 Å². The number of carbonyl (C=O) groups excluding carboxylic acids is 2. The standard InChI is InChI=1S/C16H19ClN2O3/c1-11-9-18(6-7-22-11)16(21)12-8-15(20)19(10-12)14-4-2-13(17)3-5-14/h2-5,11-12H,6-10H2,1H3. The summed E-state index contributed by atoms with van der Waals surface area (Å²) in [5.41, 5.74) is 0.792. The molecule has 5 nitrogen and oxygen atoms in total. The lowest BCUT2D eigenvalue weighted by Gasteiger charge is -2.32. The number of halogens is 1.